The third-order valence-corrected chi connectivity index (χ3v) is 5.20. The molecular weight excluding hydrogens is 382 g/mol. The summed E-state index contributed by atoms with van der Waals surface area (Å²) >= 11 is 0. The first kappa shape index (κ1) is 21.7. The number of nitrogens with zero attached hydrogens (tertiary/aromatic N) is 3. The number of para-hydroxylation sites is 1. The quantitative estimate of drug-likeness (QED) is 0.494. The minimum absolute atomic E-state index is 0.0488. The fraction of sp³-hybridized carbons (Fsp3) is 0.409. The van der Waals surface area contributed by atoms with Gasteiger partial charge in [-0.15, -0.1) is 0 Å². The highest BCUT2D eigenvalue weighted by Crippen LogP contribution is 2.23. The lowest BCUT2D eigenvalue weighted by molar-refractivity contribution is -0.139. The first-order valence-corrected chi connectivity index (χ1v) is 10.2. The van der Waals surface area contributed by atoms with Crippen LogP contribution in [0.4, 0.5) is 5.69 Å². The molecule has 1 aliphatic rings. The number of ether oxygens (including phenoxy) is 1. The highest BCUT2D eigenvalue weighted by Gasteiger charge is 2.26. The fourth-order valence-corrected chi connectivity index (χ4v) is 3.58. The van der Waals surface area contributed by atoms with Crippen LogP contribution in [0.3, 0.4) is 0 Å². The molecule has 0 unspecified atom stereocenters. The first-order chi connectivity index (χ1) is 14.7. The molecule has 8 nitrogen and oxygen atoms in total. The van der Waals surface area contributed by atoms with Crippen molar-refractivity contribution < 1.29 is 14.3 Å². The Hall–Kier alpha value is -2.97. The number of amides is 2. The van der Waals surface area contributed by atoms with Crippen molar-refractivity contribution in [2.45, 2.75) is 6.04 Å². The van der Waals surface area contributed by atoms with E-state index >= 15 is 0 Å². The Balaban J connectivity index is 1.60. The molecule has 0 radical (unpaired) electrons. The van der Waals surface area contributed by atoms with Crippen LogP contribution in [0, 0.1) is 0 Å². The van der Waals surface area contributed by atoms with Crippen LogP contribution in [-0.4, -0.2) is 74.7 Å². The summed E-state index contributed by atoms with van der Waals surface area (Å²) < 4.78 is 4.88. The number of nitrogens with one attached hydrogen (secondary N) is 2. The number of rotatable bonds is 8. The van der Waals surface area contributed by atoms with Crippen molar-refractivity contribution in [3.05, 3.63) is 60.4 Å². The van der Waals surface area contributed by atoms with Crippen molar-refractivity contribution in [3.8, 4) is 0 Å². The van der Waals surface area contributed by atoms with Gasteiger partial charge in [0.05, 0.1) is 12.6 Å². The minimum atomic E-state index is -0.647. The Morgan fingerprint density at radius 2 is 1.77 bits per heavy atom. The SMILES string of the molecule is COCCNC(=O)C(=O)NC[C@@H](c1cccnc1)N1CCN(c2ccccc2)CC1. The normalized spacial score (nSPS) is 15.4. The number of methoxy groups -OCH3 is 1. The summed E-state index contributed by atoms with van der Waals surface area (Å²) in [4.78, 5) is 33.0. The molecule has 0 aliphatic carbocycles. The average Bonchev–Trinajstić information content (AvgIpc) is 2.81. The van der Waals surface area contributed by atoms with E-state index in [4.69, 9.17) is 4.74 Å². The molecule has 8 heteroatoms. The van der Waals surface area contributed by atoms with Crippen molar-refractivity contribution in [3.63, 3.8) is 0 Å². The van der Waals surface area contributed by atoms with E-state index in [0.29, 0.717) is 19.7 Å². The minimum Gasteiger partial charge on any atom is -0.383 e. The number of benzene rings is 1. The van der Waals surface area contributed by atoms with Crippen LogP contribution in [0.25, 0.3) is 0 Å². The van der Waals surface area contributed by atoms with Crippen LogP contribution >= 0.6 is 0 Å². The Morgan fingerprint density at radius 3 is 2.43 bits per heavy atom. The van der Waals surface area contributed by atoms with Gasteiger partial charge in [-0.2, -0.15) is 0 Å². The Kier molecular flexibility index (Phi) is 8.17. The Bertz CT molecular complexity index is 795. The number of carbonyl (C=O) groups excluding carboxylic acids is 2. The molecule has 2 N–H and O–H groups in total. The van der Waals surface area contributed by atoms with E-state index in [1.807, 2.05) is 36.5 Å². The summed E-state index contributed by atoms with van der Waals surface area (Å²) in [6.07, 6.45) is 3.55. The molecule has 0 spiro atoms. The smallest absolute Gasteiger partial charge is 0.309 e. The number of piperazine rings is 1. The summed E-state index contributed by atoms with van der Waals surface area (Å²) in [5.41, 5.74) is 2.24. The second-order valence-electron chi connectivity index (χ2n) is 7.12. The largest absolute Gasteiger partial charge is 0.383 e. The zero-order chi connectivity index (χ0) is 21.2. The van der Waals surface area contributed by atoms with Gasteiger partial charge in [-0.25, -0.2) is 0 Å². The van der Waals surface area contributed by atoms with Gasteiger partial charge in [-0.1, -0.05) is 24.3 Å². The number of carbonyl (C=O) groups is 2. The van der Waals surface area contributed by atoms with Crippen molar-refractivity contribution in [2.75, 3.05) is 57.9 Å². The van der Waals surface area contributed by atoms with Crippen LogP contribution in [0.2, 0.25) is 0 Å². The molecular formula is C22H29N5O3. The van der Waals surface area contributed by atoms with E-state index in [1.54, 1.807) is 13.3 Å². The van der Waals surface area contributed by atoms with Crippen LogP contribution in [-0.2, 0) is 14.3 Å². The molecule has 0 bridgehead atoms. The molecule has 1 aliphatic heterocycles. The predicted molar refractivity (Wildman–Crippen MR) is 115 cm³/mol. The van der Waals surface area contributed by atoms with Crippen molar-refractivity contribution >= 4 is 17.5 Å². The standard InChI is InChI=1S/C22H29N5O3/c1-30-15-10-24-21(28)22(29)25-17-20(18-6-5-9-23-16-18)27-13-11-26(12-14-27)19-7-3-2-4-8-19/h2-9,16,20H,10-15,17H2,1H3,(H,24,28)(H,25,29)/t20-/m0/s1. The average molecular weight is 412 g/mol. The van der Waals surface area contributed by atoms with Crippen molar-refractivity contribution in [1.82, 2.24) is 20.5 Å². The second-order valence-corrected chi connectivity index (χ2v) is 7.12. The molecule has 2 amide bonds. The van der Waals surface area contributed by atoms with E-state index in [1.165, 1.54) is 5.69 Å². The number of anilines is 1. The Labute approximate surface area is 177 Å². The van der Waals surface area contributed by atoms with E-state index in [9.17, 15) is 9.59 Å². The lowest BCUT2D eigenvalue weighted by atomic mass is 10.1. The lowest BCUT2D eigenvalue weighted by Crippen LogP contribution is -2.51. The maximum absolute atomic E-state index is 12.2. The molecule has 0 saturated carbocycles. The van der Waals surface area contributed by atoms with Crippen LogP contribution < -0.4 is 15.5 Å². The third kappa shape index (κ3) is 6.01. The van der Waals surface area contributed by atoms with E-state index in [2.05, 4.69) is 37.6 Å². The van der Waals surface area contributed by atoms with Crippen molar-refractivity contribution in [2.24, 2.45) is 0 Å². The van der Waals surface area contributed by atoms with Gasteiger partial charge in [0.1, 0.15) is 0 Å². The summed E-state index contributed by atoms with van der Waals surface area (Å²) in [6, 6.07) is 14.2. The van der Waals surface area contributed by atoms with Crippen molar-refractivity contribution in [1.29, 1.82) is 0 Å². The molecule has 2 heterocycles. The lowest BCUT2D eigenvalue weighted by Gasteiger charge is -2.40. The molecule has 3 rings (SSSR count). The van der Waals surface area contributed by atoms with Gasteiger partial charge in [-0.3, -0.25) is 19.5 Å². The van der Waals surface area contributed by atoms with Gasteiger partial charge >= 0.3 is 11.8 Å². The van der Waals surface area contributed by atoms with Crippen LogP contribution in [0.1, 0.15) is 11.6 Å². The topological polar surface area (TPSA) is 86.8 Å². The third-order valence-electron chi connectivity index (χ3n) is 5.20. The molecule has 1 atom stereocenters. The summed E-state index contributed by atoms with van der Waals surface area (Å²) in [7, 11) is 1.54. The number of hydrogen-bond donors (Lipinski definition) is 2. The van der Waals surface area contributed by atoms with Gasteiger partial charge in [0.25, 0.3) is 0 Å². The first-order valence-electron chi connectivity index (χ1n) is 10.2. The molecule has 1 saturated heterocycles. The fourth-order valence-electron chi connectivity index (χ4n) is 3.58. The zero-order valence-electron chi connectivity index (χ0n) is 17.3. The van der Waals surface area contributed by atoms with Gasteiger partial charge < -0.3 is 20.3 Å². The molecule has 1 fully saturated rings. The van der Waals surface area contributed by atoms with E-state index in [0.717, 1.165) is 31.7 Å². The summed E-state index contributed by atoms with van der Waals surface area (Å²) in [6.45, 7) is 4.50. The van der Waals surface area contributed by atoms with E-state index < -0.39 is 11.8 Å². The van der Waals surface area contributed by atoms with Gasteiger partial charge in [0.2, 0.25) is 0 Å². The van der Waals surface area contributed by atoms with Gasteiger partial charge in [0, 0.05) is 64.5 Å². The van der Waals surface area contributed by atoms with Gasteiger partial charge in [0.15, 0.2) is 0 Å². The summed E-state index contributed by atoms with van der Waals surface area (Å²) in [5, 5.41) is 5.32. The molecule has 1 aromatic heterocycles. The maximum Gasteiger partial charge on any atom is 0.309 e. The second kappa shape index (κ2) is 11.3. The predicted octanol–water partition coefficient (Wildman–Crippen LogP) is 0.824. The highest BCUT2D eigenvalue weighted by molar-refractivity contribution is 6.35. The van der Waals surface area contributed by atoms with Crippen LogP contribution in [0.5, 0.6) is 0 Å². The molecule has 2 aromatic rings. The molecule has 160 valence electrons. The summed E-state index contributed by atoms with van der Waals surface area (Å²) in [5.74, 6) is -1.28. The van der Waals surface area contributed by atoms with Gasteiger partial charge in [-0.05, 0) is 23.8 Å². The Morgan fingerprint density at radius 1 is 1.03 bits per heavy atom. The van der Waals surface area contributed by atoms with Crippen LogP contribution in [0.15, 0.2) is 54.9 Å². The zero-order valence-corrected chi connectivity index (χ0v) is 17.3. The highest BCUT2D eigenvalue weighted by atomic mass is 16.5. The number of pyridine rings is 1. The number of aromatic nitrogens is 1. The molecule has 30 heavy (non-hydrogen) atoms. The van der Waals surface area contributed by atoms with E-state index in [-0.39, 0.29) is 6.04 Å². The number of hydrogen-bond acceptors (Lipinski definition) is 6. The maximum atomic E-state index is 12.2. The molecule has 1 aromatic carbocycles. The monoisotopic (exact) mass is 411 g/mol.